The van der Waals surface area contributed by atoms with E-state index >= 15 is 0 Å². The van der Waals surface area contributed by atoms with E-state index in [1.807, 2.05) is 7.05 Å². The van der Waals surface area contributed by atoms with Gasteiger partial charge in [0.2, 0.25) is 0 Å². The van der Waals surface area contributed by atoms with E-state index in [0.717, 1.165) is 32.3 Å². The highest BCUT2D eigenvalue weighted by Gasteiger charge is 2.65. The Balaban J connectivity index is 1.14. The maximum absolute atomic E-state index is 6.15. The average molecular weight is 398 g/mol. The number of fused-ring (bicyclic) bond motifs is 2. The van der Waals surface area contributed by atoms with Gasteiger partial charge in [-0.05, 0) is 31.2 Å². The van der Waals surface area contributed by atoms with Crippen LogP contribution in [-0.2, 0) is 16.1 Å². The van der Waals surface area contributed by atoms with Crippen LogP contribution in [0.5, 0.6) is 0 Å². The van der Waals surface area contributed by atoms with E-state index in [1.54, 1.807) is 0 Å². The fraction of sp³-hybridized carbons (Fsp3) is 0.708. The number of nitrogens with one attached hydrogen (secondary N) is 1. The van der Waals surface area contributed by atoms with E-state index in [1.165, 1.54) is 44.1 Å². The lowest BCUT2D eigenvalue weighted by molar-refractivity contribution is -0.125. The lowest BCUT2D eigenvalue weighted by Crippen LogP contribution is -2.69. The van der Waals surface area contributed by atoms with Crippen LogP contribution in [0, 0.1) is 17.3 Å². The molecular weight excluding hydrogens is 362 g/mol. The van der Waals surface area contributed by atoms with E-state index in [-0.39, 0.29) is 0 Å². The zero-order chi connectivity index (χ0) is 19.7. The van der Waals surface area contributed by atoms with Gasteiger partial charge in [-0.25, -0.2) is 0 Å². The molecule has 2 heterocycles. The number of nitrogens with zero attached hydrogens (tertiary/aromatic N) is 2. The van der Waals surface area contributed by atoms with Crippen LogP contribution < -0.4 is 5.32 Å². The van der Waals surface area contributed by atoms with Gasteiger partial charge >= 0.3 is 0 Å². The molecular formula is C24H35N3O2. The molecule has 1 aromatic rings. The molecule has 5 heteroatoms. The van der Waals surface area contributed by atoms with Gasteiger partial charge in [0, 0.05) is 50.0 Å². The molecule has 1 aromatic carbocycles. The molecule has 2 aliphatic heterocycles. The standard InChI is InChI=1S/C24H35N3O2/c1-25-23(26-21-20-10-14-29-22(20)24(21)11-5-6-12-24)27-13-9-19(15-27)17-28-16-18-7-3-2-4-8-18/h2-4,7-8,19-22H,5-6,9-17H2,1H3,(H,25,26). The molecule has 5 nitrogen and oxygen atoms in total. The number of ether oxygens (including phenoxy) is 2. The minimum atomic E-state index is 0.370. The molecule has 0 aromatic heterocycles. The lowest BCUT2D eigenvalue weighted by atomic mass is 9.54. The molecule has 158 valence electrons. The summed E-state index contributed by atoms with van der Waals surface area (Å²) in [7, 11) is 1.93. The molecule has 1 N–H and O–H groups in total. The van der Waals surface area contributed by atoms with Crippen LogP contribution >= 0.6 is 0 Å². The summed E-state index contributed by atoms with van der Waals surface area (Å²) in [6.07, 6.45) is 8.23. The van der Waals surface area contributed by atoms with Crippen LogP contribution in [0.1, 0.15) is 44.1 Å². The van der Waals surface area contributed by atoms with Crippen molar-refractivity contribution in [2.75, 3.05) is 33.4 Å². The average Bonchev–Trinajstić information content (AvgIpc) is 3.50. The number of hydrogen-bond acceptors (Lipinski definition) is 3. The summed E-state index contributed by atoms with van der Waals surface area (Å²) in [5, 5.41) is 3.91. The molecule has 4 fully saturated rings. The van der Waals surface area contributed by atoms with Crippen molar-refractivity contribution in [2.45, 2.75) is 57.3 Å². The summed E-state index contributed by atoms with van der Waals surface area (Å²) in [6.45, 7) is 4.59. The zero-order valence-electron chi connectivity index (χ0n) is 17.7. The highest BCUT2D eigenvalue weighted by Crippen LogP contribution is 2.60. The van der Waals surface area contributed by atoms with E-state index in [9.17, 15) is 0 Å². The number of rotatable bonds is 5. The van der Waals surface area contributed by atoms with Crippen molar-refractivity contribution < 1.29 is 9.47 Å². The van der Waals surface area contributed by atoms with Gasteiger partial charge in [0.1, 0.15) is 0 Å². The van der Waals surface area contributed by atoms with Gasteiger partial charge in [-0.1, -0.05) is 43.2 Å². The van der Waals surface area contributed by atoms with Crippen molar-refractivity contribution in [2.24, 2.45) is 22.2 Å². The molecule has 5 rings (SSSR count). The molecule has 2 saturated carbocycles. The van der Waals surface area contributed by atoms with Crippen molar-refractivity contribution >= 4 is 5.96 Å². The van der Waals surface area contributed by atoms with E-state index in [4.69, 9.17) is 9.47 Å². The van der Waals surface area contributed by atoms with Gasteiger partial charge < -0.3 is 19.7 Å². The predicted octanol–water partition coefficient (Wildman–Crippen LogP) is 3.45. The lowest BCUT2D eigenvalue weighted by Gasteiger charge is -2.57. The molecule has 4 aliphatic rings. The first-order valence-electron chi connectivity index (χ1n) is 11.5. The third-order valence-electron chi connectivity index (χ3n) is 7.83. The fourth-order valence-corrected chi connectivity index (χ4v) is 6.42. The van der Waals surface area contributed by atoms with Crippen molar-refractivity contribution in [3.8, 4) is 0 Å². The first-order valence-corrected chi connectivity index (χ1v) is 11.5. The maximum Gasteiger partial charge on any atom is 0.193 e. The fourth-order valence-electron chi connectivity index (χ4n) is 6.42. The number of likely N-dealkylation sites (tertiary alicyclic amines) is 1. The van der Waals surface area contributed by atoms with Gasteiger partial charge in [-0.15, -0.1) is 0 Å². The number of aliphatic imine (C=N–C) groups is 1. The molecule has 1 spiro atoms. The highest BCUT2D eigenvalue weighted by atomic mass is 16.5. The normalized spacial score (nSPS) is 33.1. The topological polar surface area (TPSA) is 46.1 Å². The largest absolute Gasteiger partial charge is 0.377 e. The van der Waals surface area contributed by atoms with Crippen LogP contribution in [0.25, 0.3) is 0 Å². The summed E-state index contributed by atoms with van der Waals surface area (Å²) < 4.78 is 12.2. The summed E-state index contributed by atoms with van der Waals surface area (Å²) >= 11 is 0. The summed E-state index contributed by atoms with van der Waals surface area (Å²) in [5.74, 6) is 2.36. The Hall–Kier alpha value is -1.59. The van der Waals surface area contributed by atoms with Crippen LogP contribution in [0.15, 0.2) is 35.3 Å². The first-order chi connectivity index (χ1) is 14.3. The molecule has 4 unspecified atom stereocenters. The Morgan fingerprint density at radius 2 is 2.07 bits per heavy atom. The minimum absolute atomic E-state index is 0.370. The zero-order valence-corrected chi connectivity index (χ0v) is 17.7. The third-order valence-corrected chi connectivity index (χ3v) is 7.83. The highest BCUT2D eigenvalue weighted by molar-refractivity contribution is 5.80. The van der Waals surface area contributed by atoms with Crippen molar-refractivity contribution in [3.05, 3.63) is 35.9 Å². The third kappa shape index (κ3) is 3.57. The molecule has 2 aliphatic carbocycles. The SMILES string of the molecule is CN=C(NC1C2CCOC2C12CCCC2)N1CCC(COCc2ccccc2)C1. The summed E-state index contributed by atoms with van der Waals surface area (Å²) in [6, 6.07) is 11.0. The summed E-state index contributed by atoms with van der Waals surface area (Å²) in [4.78, 5) is 7.12. The number of benzene rings is 1. The molecule has 0 bridgehead atoms. The molecule has 2 saturated heterocycles. The van der Waals surface area contributed by atoms with Crippen LogP contribution in [-0.4, -0.2) is 56.4 Å². The maximum atomic E-state index is 6.15. The molecule has 0 radical (unpaired) electrons. The van der Waals surface area contributed by atoms with E-state index in [2.05, 4.69) is 45.5 Å². The van der Waals surface area contributed by atoms with Crippen LogP contribution in [0.4, 0.5) is 0 Å². The van der Waals surface area contributed by atoms with Crippen molar-refractivity contribution in [3.63, 3.8) is 0 Å². The van der Waals surface area contributed by atoms with Crippen molar-refractivity contribution in [1.29, 1.82) is 0 Å². The monoisotopic (exact) mass is 397 g/mol. The summed E-state index contributed by atoms with van der Waals surface area (Å²) in [5.41, 5.74) is 1.62. The Kier molecular flexibility index (Phi) is 5.53. The Morgan fingerprint density at radius 3 is 2.86 bits per heavy atom. The minimum Gasteiger partial charge on any atom is -0.377 e. The Bertz CT molecular complexity index is 716. The van der Waals surface area contributed by atoms with Crippen molar-refractivity contribution in [1.82, 2.24) is 10.2 Å². The van der Waals surface area contributed by atoms with E-state index < -0.39 is 0 Å². The Labute approximate surface area is 174 Å². The van der Waals surface area contributed by atoms with Crippen LogP contribution in [0.3, 0.4) is 0 Å². The van der Waals surface area contributed by atoms with Gasteiger partial charge in [0.25, 0.3) is 0 Å². The van der Waals surface area contributed by atoms with Gasteiger partial charge in [0.05, 0.1) is 19.3 Å². The second-order valence-electron chi connectivity index (χ2n) is 9.45. The number of hydrogen-bond donors (Lipinski definition) is 1. The van der Waals surface area contributed by atoms with Crippen LogP contribution in [0.2, 0.25) is 0 Å². The van der Waals surface area contributed by atoms with Gasteiger partial charge in [0.15, 0.2) is 5.96 Å². The van der Waals surface area contributed by atoms with Gasteiger partial charge in [-0.3, -0.25) is 4.99 Å². The first kappa shape index (κ1) is 19.4. The molecule has 4 atom stereocenters. The molecule has 0 amide bonds. The second-order valence-corrected chi connectivity index (χ2v) is 9.45. The number of guanidine groups is 1. The van der Waals surface area contributed by atoms with E-state index in [0.29, 0.717) is 36.0 Å². The smallest absolute Gasteiger partial charge is 0.193 e. The molecule has 29 heavy (non-hydrogen) atoms. The van der Waals surface area contributed by atoms with Gasteiger partial charge in [-0.2, -0.15) is 0 Å². The quantitative estimate of drug-likeness (QED) is 0.611. The predicted molar refractivity (Wildman–Crippen MR) is 115 cm³/mol. The second kappa shape index (κ2) is 8.27. The Morgan fingerprint density at radius 1 is 1.24 bits per heavy atom.